The van der Waals surface area contributed by atoms with E-state index in [2.05, 4.69) is 21.7 Å². The molecule has 0 saturated carbocycles. The Morgan fingerprint density at radius 3 is 2.50 bits per heavy atom. The topological polar surface area (TPSA) is 70.4 Å². The normalized spacial score (nSPS) is 11.5. The molecule has 30 heavy (non-hydrogen) atoms. The van der Waals surface area contributed by atoms with Crippen LogP contribution in [0.3, 0.4) is 0 Å². The van der Waals surface area contributed by atoms with Gasteiger partial charge < -0.3 is 14.0 Å². The standard InChI is InChI=1S/C23H26N2O4S/c1-23(2,3)29-20(26)15-30-22-24-18-14-17(21(27)28-4)10-11-19(18)25(22)13-12-16-8-6-5-7-9-16/h5-11,14H,12-13,15H2,1-4H3. The molecule has 3 aromatic rings. The highest BCUT2D eigenvalue weighted by Gasteiger charge is 2.19. The first-order valence-electron chi connectivity index (χ1n) is 9.74. The number of nitrogens with zero attached hydrogens (tertiary/aromatic N) is 2. The van der Waals surface area contributed by atoms with E-state index in [-0.39, 0.29) is 11.7 Å². The lowest BCUT2D eigenvalue weighted by atomic mass is 10.1. The Balaban J connectivity index is 1.87. The van der Waals surface area contributed by atoms with Gasteiger partial charge in [0.25, 0.3) is 0 Å². The van der Waals surface area contributed by atoms with Crippen molar-refractivity contribution in [3.8, 4) is 0 Å². The predicted octanol–water partition coefficient (Wildman–Crippen LogP) is 4.50. The maximum Gasteiger partial charge on any atom is 0.337 e. The molecule has 158 valence electrons. The number of esters is 2. The second kappa shape index (κ2) is 9.34. The lowest BCUT2D eigenvalue weighted by Crippen LogP contribution is -2.25. The molecule has 0 fully saturated rings. The Labute approximate surface area is 180 Å². The Bertz CT molecular complexity index is 1040. The molecule has 3 rings (SSSR count). The summed E-state index contributed by atoms with van der Waals surface area (Å²) in [7, 11) is 1.35. The summed E-state index contributed by atoms with van der Waals surface area (Å²) < 4.78 is 12.3. The summed E-state index contributed by atoms with van der Waals surface area (Å²) in [6.07, 6.45) is 0.824. The first-order valence-corrected chi connectivity index (χ1v) is 10.7. The van der Waals surface area contributed by atoms with Crippen LogP contribution in [0.4, 0.5) is 0 Å². The van der Waals surface area contributed by atoms with E-state index in [1.165, 1.54) is 24.4 Å². The maximum atomic E-state index is 12.2. The number of imidazole rings is 1. The fraction of sp³-hybridized carbons (Fsp3) is 0.348. The summed E-state index contributed by atoms with van der Waals surface area (Å²) in [5.74, 6) is -0.529. The number of carbonyl (C=O) groups excluding carboxylic acids is 2. The van der Waals surface area contributed by atoms with Crippen molar-refractivity contribution in [3.05, 3.63) is 59.7 Å². The SMILES string of the molecule is COC(=O)c1ccc2c(c1)nc(SCC(=O)OC(C)(C)C)n2CCc1ccccc1. The third kappa shape index (κ3) is 5.63. The van der Waals surface area contributed by atoms with Crippen molar-refractivity contribution in [1.82, 2.24) is 9.55 Å². The van der Waals surface area contributed by atoms with Gasteiger partial charge >= 0.3 is 11.9 Å². The second-order valence-electron chi connectivity index (χ2n) is 7.85. The van der Waals surface area contributed by atoms with Gasteiger partial charge in [0.05, 0.1) is 29.5 Å². The van der Waals surface area contributed by atoms with Crippen molar-refractivity contribution in [2.75, 3.05) is 12.9 Å². The lowest BCUT2D eigenvalue weighted by molar-refractivity contribution is -0.151. The molecule has 0 amide bonds. The summed E-state index contributed by atoms with van der Waals surface area (Å²) in [6.45, 7) is 6.24. The Kier molecular flexibility index (Phi) is 6.82. The molecule has 0 aliphatic heterocycles. The fourth-order valence-corrected chi connectivity index (χ4v) is 3.87. The second-order valence-corrected chi connectivity index (χ2v) is 8.79. The van der Waals surface area contributed by atoms with Crippen LogP contribution in [-0.2, 0) is 27.2 Å². The molecule has 0 bridgehead atoms. The molecule has 0 aliphatic carbocycles. The highest BCUT2D eigenvalue weighted by molar-refractivity contribution is 7.99. The number of carbonyl (C=O) groups is 2. The van der Waals surface area contributed by atoms with Crippen LogP contribution in [0, 0.1) is 0 Å². The van der Waals surface area contributed by atoms with Gasteiger partial charge in [0.15, 0.2) is 5.16 Å². The molecule has 1 heterocycles. The van der Waals surface area contributed by atoms with Crippen LogP contribution >= 0.6 is 11.8 Å². The number of benzene rings is 2. The summed E-state index contributed by atoms with van der Waals surface area (Å²) in [5.41, 5.74) is 2.73. The van der Waals surface area contributed by atoms with E-state index < -0.39 is 11.6 Å². The number of aromatic nitrogens is 2. The van der Waals surface area contributed by atoms with Gasteiger partial charge in [-0.2, -0.15) is 0 Å². The maximum absolute atomic E-state index is 12.2. The Hall–Kier alpha value is -2.80. The minimum absolute atomic E-state index is 0.162. The van der Waals surface area contributed by atoms with Gasteiger partial charge in [0.2, 0.25) is 0 Å². The number of rotatable bonds is 7. The van der Waals surface area contributed by atoms with Crippen molar-refractivity contribution >= 4 is 34.7 Å². The molecule has 0 aliphatic rings. The molecule has 0 unspecified atom stereocenters. The van der Waals surface area contributed by atoms with Gasteiger partial charge in [-0.1, -0.05) is 42.1 Å². The number of thioether (sulfide) groups is 1. The van der Waals surface area contributed by atoms with E-state index in [0.29, 0.717) is 22.8 Å². The quantitative estimate of drug-likeness (QED) is 0.409. The Morgan fingerprint density at radius 2 is 1.83 bits per heavy atom. The van der Waals surface area contributed by atoms with Crippen molar-refractivity contribution in [2.45, 2.75) is 44.5 Å². The monoisotopic (exact) mass is 426 g/mol. The molecule has 6 nitrogen and oxygen atoms in total. The van der Waals surface area contributed by atoms with E-state index in [9.17, 15) is 9.59 Å². The van der Waals surface area contributed by atoms with E-state index in [4.69, 9.17) is 9.47 Å². The molecule has 0 spiro atoms. The van der Waals surface area contributed by atoms with Crippen LogP contribution < -0.4 is 0 Å². The first-order chi connectivity index (χ1) is 14.3. The van der Waals surface area contributed by atoms with Gasteiger partial charge in [-0.3, -0.25) is 4.79 Å². The number of fused-ring (bicyclic) bond motifs is 1. The zero-order valence-corrected chi connectivity index (χ0v) is 18.5. The minimum atomic E-state index is -0.527. The third-order valence-electron chi connectivity index (χ3n) is 4.34. The summed E-state index contributed by atoms with van der Waals surface area (Å²) in [5, 5.41) is 0.716. The van der Waals surface area contributed by atoms with Gasteiger partial charge in [-0.05, 0) is 51.0 Å². The molecule has 0 N–H and O–H groups in total. The molecule has 0 radical (unpaired) electrons. The van der Waals surface area contributed by atoms with Crippen molar-refractivity contribution < 1.29 is 19.1 Å². The van der Waals surface area contributed by atoms with Crippen LogP contribution in [0.1, 0.15) is 36.7 Å². The van der Waals surface area contributed by atoms with E-state index >= 15 is 0 Å². The molecule has 7 heteroatoms. The van der Waals surface area contributed by atoms with Gasteiger partial charge in [0.1, 0.15) is 5.60 Å². The summed E-state index contributed by atoms with van der Waals surface area (Å²) in [6, 6.07) is 15.5. The van der Waals surface area contributed by atoms with Crippen LogP contribution in [0.2, 0.25) is 0 Å². The fourth-order valence-electron chi connectivity index (χ4n) is 3.06. The number of aryl methyl sites for hydroxylation is 2. The largest absolute Gasteiger partial charge is 0.465 e. The van der Waals surface area contributed by atoms with Gasteiger partial charge in [-0.25, -0.2) is 9.78 Å². The number of methoxy groups -OCH3 is 1. The van der Waals surface area contributed by atoms with Gasteiger partial charge in [-0.15, -0.1) is 0 Å². The zero-order chi connectivity index (χ0) is 21.7. The number of hydrogen-bond donors (Lipinski definition) is 0. The van der Waals surface area contributed by atoms with Crippen LogP contribution in [0.15, 0.2) is 53.7 Å². The summed E-state index contributed by atoms with van der Waals surface area (Å²) in [4.78, 5) is 28.7. The van der Waals surface area contributed by atoms with Crippen molar-refractivity contribution in [2.24, 2.45) is 0 Å². The van der Waals surface area contributed by atoms with E-state index in [0.717, 1.165) is 11.9 Å². The van der Waals surface area contributed by atoms with Crippen molar-refractivity contribution in [1.29, 1.82) is 0 Å². The first kappa shape index (κ1) is 21.9. The van der Waals surface area contributed by atoms with Crippen LogP contribution in [0.25, 0.3) is 11.0 Å². The highest BCUT2D eigenvalue weighted by atomic mass is 32.2. The van der Waals surface area contributed by atoms with Crippen molar-refractivity contribution in [3.63, 3.8) is 0 Å². The molecule has 0 atom stereocenters. The highest BCUT2D eigenvalue weighted by Crippen LogP contribution is 2.26. The summed E-state index contributed by atoms with van der Waals surface area (Å²) >= 11 is 1.34. The number of ether oxygens (including phenoxy) is 2. The lowest BCUT2D eigenvalue weighted by Gasteiger charge is -2.19. The number of hydrogen-bond acceptors (Lipinski definition) is 6. The van der Waals surface area contributed by atoms with Crippen LogP contribution in [-0.4, -0.2) is 40.0 Å². The van der Waals surface area contributed by atoms with Gasteiger partial charge in [0, 0.05) is 6.54 Å². The van der Waals surface area contributed by atoms with E-state index in [1.807, 2.05) is 45.0 Å². The zero-order valence-electron chi connectivity index (χ0n) is 17.7. The van der Waals surface area contributed by atoms with Crippen LogP contribution in [0.5, 0.6) is 0 Å². The average Bonchev–Trinajstić information content (AvgIpc) is 3.06. The average molecular weight is 427 g/mol. The minimum Gasteiger partial charge on any atom is -0.465 e. The third-order valence-corrected chi connectivity index (χ3v) is 5.29. The smallest absolute Gasteiger partial charge is 0.337 e. The molecular formula is C23H26N2O4S. The molecule has 1 aromatic heterocycles. The Morgan fingerprint density at radius 1 is 1.10 bits per heavy atom. The molecular weight excluding hydrogens is 400 g/mol. The molecule has 0 saturated heterocycles. The predicted molar refractivity (Wildman–Crippen MR) is 118 cm³/mol. The van der Waals surface area contributed by atoms with E-state index in [1.54, 1.807) is 12.1 Å². The molecule has 2 aromatic carbocycles.